The molecule has 0 unspecified atom stereocenters. The number of hydrogen-bond donors (Lipinski definition) is 0. The van der Waals surface area contributed by atoms with Gasteiger partial charge in [0.1, 0.15) is 17.3 Å². The van der Waals surface area contributed by atoms with Crippen molar-refractivity contribution in [3.05, 3.63) is 52.5 Å². The molecule has 3 aliphatic rings. The lowest BCUT2D eigenvalue weighted by atomic mass is 9.65. The highest BCUT2D eigenvalue weighted by atomic mass is 16.6. The first-order valence-corrected chi connectivity index (χ1v) is 11.0. The Morgan fingerprint density at radius 1 is 0.906 bits per heavy atom. The van der Waals surface area contributed by atoms with Crippen LogP contribution in [-0.2, 0) is 23.9 Å². The molecule has 0 radical (unpaired) electrons. The third kappa shape index (κ3) is 4.23. The van der Waals surface area contributed by atoms with Crippen LogP contribution in [0.15, 0.2) is 46.9 Å². The van der Waals surface area contributed by atoms with E-state index in [0.717, 1.165) is 5.56 Å². The topological polar surface area (TPSA) is 78.9 Å². The van der Waals surface area contributed by atoms with Gasteiger partial charge in [-0.2, -0.15) is 0 Å². The molecule has 0 amide bonds. The molecule has 32 heavy (non-hydrogen) atoms. The Kier molecular flexibility index (Phi) is 5.51. The molecular formula is C26H30O6. The predicted octanol–water partition coefficient (Wildman–Crippen LogP) is 4.64. The van der Waals surface area contributed by atoms with Gasteiger partial charge in [0.2, 0.25) is 0 Å². The fraction of sp³-hybridized carbons (Fsp3) is 0.500. The maximum atomic E-state index is 13.3. The van der Waals surface area contributed by atoms with E-state index in [4.69, 9.17) is 9.47 Å². The Labute approximate surface area is 188 Å². The van der Waals surface area contributed by atoms with Gasteiger partial charge in [-0.1, -0.05) is 39.8 Å². The first-order valence-electron chi connectivity index (χ1n) is 11.0. The Balaban J connectivity index is 1.75. The minimum absolute atomic E-state index is 0.0384. The number of ketones is 2. The molecule has 2 aliphatic carbocycles. The number of Topliss-reactive ketones (excluding diaryl/α,β-unsaturated/α-hetero) is 2. The molecule has 0 saturated carbocycles. The van der Waals surface area contributed by atoms with E-state index in [-0.39, 0.29) is 29.0 Å². The first kappa shape index (κ1) is 22.3. The zero-order valence-electron chi connectivity index (χ0n) is 19.4. The van der Waals surface area contributed by atoms with Crippen LogP contribution >= 0.6 is 0 Å². The van der Waals surface area contributed by atoms with Crippen molar-refractivity contribution in [3.63, 3.8) is 0 Å². The van der Waals surface area contributed by atoms with Gasteiger partial charge >= 0.3 is 5.97 Å². The van der Waals surface area contributed by atoms with Gasteiger partial charge in [-0.05, 0) is 28.5 Å². The molecule has 0 N–H and O–H groups in total. The summed E-state index contributed by atoms with van der Waals surface area (Å²) < 4.78 is 16.4. The molecule has 1 aromatic rings. The number of esters is 1. The molecule has 0 fully saturated rings. The number of benzene rings is 1. The van der Waals surface area contributed by atoms with Gasteiger partial charge in [0.05, 0.1) is 7.11 Å². The van der Waals surface area contributed by atoms with Gasteiger partial charge in [-0.15, -0.1) is 0 Å². The average molecular weight is 439 g/mol. The molecule has 4 rings (SSSR count). The van der Waals surface area contributed by atoms with E-state index in [0.29, 0.717) is 54.1 Å². The van der Waals surface area contributed by atoms with Crippen molar-refractivity contribution >= 4 is 17.5 Å². The third-order valence-electron chi connectivity index (χ3n) is 6.38. The summed E-state index contributed by atoms with van der Waals surface area (Å²) in [6.07, 6.45) is 2.18. The quantitative estimate of drug-likeness (QED) is 0.638. The molecule has 0 spiro atoms. The molecule has 1 heterocycles. The van der Waals surface area contributed by atoms with E-state index in [1.54, 1.807) is 12.1 Å². The fourth-order valence-corrected chi connectivity index (χ4v) is 4.97. The van der Waals surface area contributed by atoms with Gasteiger partial charge in [-0.3, -0.25) is 9.59 Å². The summed E-state index contributed by atoms with van der Waals surface area (Å²) in [7, 11) is 1.31. The van der Waals surface area contributed by atoms with Crippen molar-refractivity contribution in [1.29, 1.82) is 0 Å². The number of allylic oxidation sites excluding steroid dienone is 4. The largest absolute Gasteiger partial charge is 0.482 e. The van der Waals surface area contributed by atoms with E-state index in [1.807, 2.05) is 12.1 Å². The summed E-state index contributed by atoms with van der Waals surface area (Å²) in [4.78, 5) is 37.9. The number of carbonyl (C=O) groups is 3. The second-order valence-electron chi connectivity index (χ2n) is 10.5. The van der Waals surface area contributed by atoms with Crippen LogP contribution in [0.1, 0.15) is 64.9 Å². The van der Waals surface area contributed by atoms with Crippen molar-refractivity contribution in [2.45, 2.75) is 59.3 Å². The highest BCUT2D eigenvalue weighted by Gasteiger charge is 2.47. The first-order chi connectivity index (χ1) is 15.0. The number of hydrogen-bond acceptors (Lipinski definition) is 6. The number of carbonyl (C=O) groups excluding carboxylic acids is 3. The van der Waals surface area contributed by atoms with E-state index < -0.39 is 11.9 Å². The van der Waals surface area contributed by atoms with Crippen molar-refractivity contribution in [2.24, 2.45) is 10.8 Å². The summed E-state index contributed by atoms with van der Waals surface area (Å²) in [5.74, 6) is 1.09. The smallest absolute Gasteiger partial charge is 0.343 e. The molecular weight excluding hydrogens is 408 g/mol. The maximum absolute atomic E-state index is 13.3. The van der Waals surface area contributed by atoms with Gasteiger partial charge in [-0.25, -0.2) is 4.79 Å². The van der Waals surface area contributed by atoms with Crippen LogP contribution in [0.3, 0.4) is 0 Å². The zero-order chi connectivity index (χ0) is 23.3. The normalized spacial score (nSPS) is 22.2. The lowest BCUT2D eigenvalue weighted by Crippen LogP contribution is -2.37. The molecule has 0 bridgehead atoms. The Morgan fingerprint density at radius 2 is 1.41 bits per heavy atom. The van der Waals surface area contributed by atoms with Crippen molar-refractivity contribution in [1.82, 2.24) is 0 Å². The SMILES string of the molecule is COC(=O)COc1ccc(C2C3=C(CC(C)(C)CC3=O)OC3=C2C(=O)CC(C)(C)C3)cc1. The molecule has 1 aromatic carbocycles. The molecule has 0 saturated heterocycles. The maximum Gasteiger partial charge on any atom is 0.343 e. The second-order valence-corrected chi connectivity index (χ2v) is 10.5. The Morgan fingerprint density at radius 3 is 1.88 bits per heavy atom. The van der Waals surface area contributed by atoms with Crippen molar-refractivity contribution in [3.8, 4) is 5.75 Å². The van der Waals surface area contributed by atoms with Gasteiger partial charge in [0.25, 0.3) is 0 Å². The summed E-state index contributed by atoms with van der Waals surface area (Å²) >= 11 is 0. The Hall–Kier alpha value is -2.89. The monoisotopic (exact) mass is 438 g/mol. The summed E-state index contributed by atoms with van der Waals surface area (Å²) in [6.45, 7) is 8.10. The van der Waals surface area contributed by atoms with E-state index in [9.17, 15) is 14.4 Å². The highest BCUT2D eigenvalue weighted by Crippen LogP contribution is 2.53. The minimum Gasteiger partial charge on any atom is -0.482 e. The summed E-state index contributed by atoms with van der Waals surface area (Å²) in [6, 6.07) is 7.22. The van der Waals surface area contributed by atoms with Gasteiger partial charge < -0.3 is 14.2 Å². The highest BCUT2D eigenvalue weighted by molar-refractivity contribution is 6.06. The average Bonchev–Trinajstić information content (AvgIpc) is 2.69. The lowest BCUT2D eigenvalue weighted by molar-refractivity contribution is -0.143. The molecule has 6 heteroatoms. The van der Waals surface area contributed by atoms with E-state index in [2.05, 4.69) is 32.4 Å². The van der Waals surface area contributed by atoms with Crippen molar-refractivity contribution < 1.29 is 28.6 Å². The van der Waals surface area contributed by atoms with Crippen LogP contribution in [0.4, 0.5) is 0 Å². The number of ether oxygens (including phenoxy) is 3. The standard InChI is InChI=1S/C26H30O6/c1-25(2)10-17(27)23-19(12-25)32-20-13-26(3,4)11-18(28)24(20)22(23)15-6-8-16(9-7-15)31-14-21(29)30-5/h6-9,22H,10-14H2,1-5H3. The van der Waals surface area contributed by atoms with Gasteiger partial charge in [0, 0.05) is 42.7 Å². The van der Waals surface area contributed by atoms with E-state index in [1.165, 1.54) is 7.11 Å². The molecule has 170 valence electrons. The molecule has 1 aliphatic heterocycles. The van der Waals surface area contributed by atoms with Crippen LogP contribution in [0.25, 0.3) is 0 Å². The van der Waals surface area contributed by atoms with Crippen LogP contribution in [0.2, 0.25) is 0 Å². The molecule has 6 nitrogen and oxygen atoms in total. The molecule has 0 atom stereocenters. The van der Waals surface area contributed by atoms with Crippen LogP contribution in [-0.4, -0.2) is 31.3 Å². The minimum atomic E-state index is -0.464. The molecule has 0 aromatic heterocycles. The predicted molar refractivity (Wildman–Crippen MR) is 118 cm³/mol. The van der Waals surface area contributed by atoms with E-state index >= 15 is 0 Å². The van der Waals surface area contributed by atoms with Gasteiger partial charge in [0.15, 0.2) is 18.2 Å². The Bertz CT molecular complexity index is 987. The number of rotatable bonds is 4. The van der Waals surface area contributed by atoms with Crippen LogP contribution in [0, 0.1) is 10.8 Å². The summed E-state index contributed by atoms with van der Waals surface area (Å²) in [5.41, 5.74) is 1.70. The lowest BCUT2D eigenvalue weighted by Gasteiger charge is -2.42. The zero-order valence-corrected chi connectivity index (χ0v) is 19.4. The van der Waals surface area contributed by atoms with Crippen molar-refractivity contribution in [2.75, 3.05) is 13.7 Å². The fourth-order valence-electron chi connectivity index (χ4n) is 4.97. The van der Waals surface area contributed by atoms with Crippen LogP contribution in [0.5, 0.6) is 5.75 Å². The summed E-state index contributed by atoms with van der Waals surface area (Å²) in [5, 5.41) is 0. The second kappa shape index (κ2) is 7.91. The van der Waals surface area contributed by atoms with Crippen LogP contribution < -0.4 is 4.74 Å². The third-order valence-corrected chi connectivity index (χ3v) is 6.38. The number of methoxy groups -OCH3 is 1.